The van der Waals surface area contributed by atoms with Crippen molar-refractivity contribution in [3.05, 3.63) is 71.8 Å². The minimum absolute atomic E-state index is 0.0684. The molecule has 0 saturated heterocycles. The van der Waals surface area contributed by atoms with E-state index in [2.05, 4.69) is 0 Å². The van der Waals surface area contributed by atoms with Crippen LogP contribution in [0.5, 0.6) is 0 Å². The third kappa shape index (κ3) is 11.8. The number of hydrogen-bond donors (Lipinski definition) is 0. The number of hydrogen-bond acceptors (Lipinski definition) is 0. The standard InChI is InChI=1S/C14H12F2.4C2H6/c15-14(16,13-9-5-2-6-10-13)11-12-7-3-1-4-8-12;4*1-2/h1-10H,11H2;4*1-2H3. The van der Waals surface area contributed by atoms with Crippen LogP contribution >= 0.6 is 0 Å². The van der Waals surface area contributed by atoms with Crippen LogP contribution in [0.1, 0.15) is 66.5 Å². The van der Waals surface area contributed by atoms with E-state index < -0.39 is 5.92 Å². The Balaban J connectivity index is -0.000000484. The van der Waals surface area contributed by atoms with E-state index in [0.717, 1.165) is 0 Å². The van der Waals surface area contributed by atoms with Crippen LogP contribution in [-0.2, 0) is 12.3 Å². The molecule has 0 fully saturated rings. The van der Waals surface area contributed by atoms with Crippen molar-refractivity contribution in [3.8, 4) is 0 Å². The second kappa shape index (κ2) is 19.3. The minimum Gasteiger partial charge on any atom is -0.201 e. The van der Waals surface area contributed by atoms with Crippen LogP contribution in [0.15, 0.2) is 60.7 Å². The fourth-order valence-electron chi connectivity index (χ4n) is 1.64. The lowest BCUT2D eigenvalue weighted by atomic mass is 10.0. The first-order valence-electron chi connectivity index (χ1n) is 9.16. The fraction of sp³-hybridized carbons (Fsp3) is 0.455. The molecule has 0 N–H and O–H groups in total. The van der Waals surface area contributed by atoms with Gasteiger partial charge in [-0.25, -0.2) is 8.78 Å². The fourth-order valence-corrected chi connectivity index (χ4v) is 1.64. The van der Waals surface area contributed by atoms with Gasteiger partial charge in [-0.15, -0.1) is 0 Å². The van der Waals surface area contributed by atoms with Gasteiger partial charge in [0, 0.05) is 12.0 Å². The van der Waals surface area contributed by atoms with Crippen molar-refractivity contribution in [2.75, 3.05) is 0 Å². The predicted molar refractivity (Wildman–Crippen MR) is 106 cm³/mol. The van der Waals surface area contributed by atoms with Crippen LogP contribution in [-0.4, -0.2) is 0 Å². The highest BCUT2D eigenvalue weighted by Gasteiger charge is 2.31. The number of rotatable bonds is 3. The maximum Gasteiger partial charge on any atom is 0.277 e. The van der Waals surface area contributed by atoms with E-state index in [9.17, 15) is 8.78 Å². The molecule has 0 aromatic heterocycles. The van der Waals surface area contributed by atoms with Gasteiger partial charge < -0.3 is 0 Å². The Hall–Kier alpha value is -1.70. The van der Waals surface area contributed by atoms with Gasteiger partial charge >= 0.3 is 0 Å². The van der Waals surface area contributed by atoms with Gasteiger partial charge in [0.15, 0.2) is 0 Å². The highest BCUT2D eigenvalue weighted by atomic mass is 19.3. The van der Waals surface area contributed by atoms with Crippen LogP contribution < -0.4 is 0 Å². The Bertz CT molecular complexity index is 436. The van der Waals surface area contributed by atoms with E-state index in [0.29, 0.717) is 5.56 Å². The smallest absolute Gasteiger partial charge is 0.201 e. The van der Waals surface area contributed by atoms with E-state index in [1.807, 2.05) is 61.5 Å². The first-order chi connectivity index (χ1) is 11.7. The van der Waals surface area contributed by atoms with Crippen LogP contribution in [0, 0.1) is 0 Å². The van der Waals surface area contributed by atoms with Crippen LogP contribution in [0.3, 0.4) is 0 Å². The molecule has 0 amide bonds. The Morgan fingerprint density at radius 3 is 1.29 bits per heavy atom. The summed E-state index contributed by atoms with van der Waals surface area (Å²) in [6.07, 6.45) is -0.252. The van der Waals surface area contributed by atoms with E-state index in [1.165, 1.54) is 12.1 Å². The zero-order chi connectivity index (χ0) is 19.4. The van der Waals surface area contributed by atoms with Crippen LogP contribution in [0.2, 0.25) is 0 Å². The van der Waals surface area contributed by atoms with E-state index >= 15 is 0 Å². The summed E-state index contributed by atoms with van der Waals surface area (Å²) in [5.74, 6) is -2.80. The Kier molecular flexibility index (Phi) is 21.9. The number of benzene rings is 2. The summed E-state index contributed by atoms with van der Waals surface area (Å²) in [7, 11) is 0. The Morgan fingerprint density at radius 1 is 0.583 bits per heavy atom. The minimum atomic E-state index is -2.80. The lowest BCUT2D eigenvalue weighted by Crippen LogP contribution is -2.16. The topological polar surface area (TPSA) is 0 Å². The van der Waals surface area contributed by atoms with Gasteiger partial charge in [-0.05, 0) is 5.56 Å². The van der Waals surface area contributed by atoms with Gasteiger partial charge in [0.2, 0.25) is 0 Å². The van der Waals surface area contributed by atoms with Gasteiger partial charge in [0.1, 0.15) is 0 Å². The Labute approximate surface area is 148 Å². The van der Waals surface area contributed by atoms with Crippen molar-refractivity contribution in [2.45, 2.75) is 67.7 Å². The predicted octanol–water partition coefficient (Wildman–Crippen LogP) is 8.13. The van der Waals surface area contributed by atoms with Gasteiger partial charge in [-0.1, -0.05) is 116 Å². The lowest BCUT2D eigenvalue weighted by Gasteiger charge is -2.16. The summed E-state index contributed by atoms with van der Waals surface area (Å²) >= 11 is 0. The largest absolute Gasteiger partial charge is 0.277 e. The molecule has 0 nitrogen and oxygen atoms in total. The number of alkyl halides is 2. The van der Waals surface area contributed by atoms with Gasteiger partial charge in [0.25, 0.3) is 5.92 Å². The molecule has 0 saturated carbocycles. The first-order valence-corrected chi connectivity index (χ1v) is 9.16. The molecule has 2 aromatic carbocycles. The average molecular weight is 339 g/mol. The second-order valence-electron chi connectivity index (χ2n) is 3.73. The summed E-state index contributed by atoms with van der Waals surface area (Å²) in [6, 6.07) is 16.7. The molecule has 0 aliphatic heterocycles. The molecule has 2 aromatic rings. The number of halogens is 2. The van der Waals surface area contributed by atoms with Crippen LogP contribution in [0.4, 0.5) is 8.78 Å². The molecule has 138 valence electrons. The maximum absolute atomic E-state index is 13.8. The second-order valence-corrected chi connectivity index (χ2v) is 3.73. The highest BCUT2D eigenvalue weighted by molar-refractivity contribution is 5.24. The normalized spacial score (nSPS) is 8.58. The van der Waals surface area contributed by atoms with Crippen molar-refractivity contribution >= 4 is 0 Å². The summed E-state index contributed by atoms with van der Waals surface area (Å²) in [5.41, 5.74) is 0.718. The summed E-state index contributed by atoms with van der Waals surface area (Å²) in [6.45, 7) is 16.0. The molecule has 0 atom stereocenters. The molecule has 2 heteroatoms. The summed E-state index contributed by atoms with van der Waals surface area (Å²) in [4.78, 5) is 0. The molecular formula is C22H36F2. The molecule has 0 spiro atoms. The third-order valence-corrected chi connectivity index (χ3v) is 2.47. The van der Waals surface area contributed by atoms with Crippen LogP contribution in [0.25, 0.3) is 0 Å². The van der Waals surface area contributed by atoms with Crippen molar-refractivity contribution in [2.24, 2.45) is 0 Å². The molecule has 24 heavy (non-hydrogen) atoms. The molecule has 0 unspecified atom stereocenters. The Morgan fingerprint density at radius 2 is 0.917 bits per heavy atom. The summed E-state index contributed by atoms with van der Waals surface area (Å²) < 4.78 is 27.7. The van der Waals surface area contributed by atoms with E-state index in [1.54, 1.807) is 42.5 Å². The third-order valence-electron chi connectivity index (χ3n) is 2.47. The zero-order valence-electron chi connectivity index (χ0n) is 16.7. The molecule has 0 radical (unpaired) electrons. The zero-order valence-corrected chi connectivity index (χ0v) is 16.7. The van der Waals surface area contributed by atoms with Gasteiger partial charge in [0.05, 0.1) is 0 Å². The average Bonchev–Trinajstić information content (AvgIpc) is 2.69. The van der Waals surface area contributed by atoms with E-state index in [-0.39, 0.29) is 12.0 Å². The van der Waals surface area contributed by atoms with Gasteiger partial charge in [-0.3, -0.25) is 0 Å². The first kappa shape index (κ1) is 27.2. The molecule has 2 rings (SSSR count). The highest BCUT2D eigenvalue weighted by Crippen LogP contribution is 2.31. The quantitative estimate of drug-likeness (QED) is 0.530. The SMILES string of the molecule is CC.CC.CC.CC.FC(F)(Cc1ccccc1)c1ccccc1. The van der Waals surface area contributed by atoms with Crippen molar-refractivity contribution in [1.82, 2.24) is 0 Å². The van der Waals surface area contributed by atoms with Gasteiger partial charge in [-0.2, -0.15) is 0 Å². The molecule has 0 bridgehead atoms. The molecular weight excluding hydrogens is 302 g/mol. The lowest BCUT2D eigenvalue weighted by molar-refractivity contribution is -0.00382. The molecule has 0 aliphatic carbocycles. The maximum atomic E-state index is 13.8. The monoisotopic (exact) mass is 338 g/mol. The molecule has 0 aliphatic rings. The van der Waals surface area contributed by atoms with Crippen molar-refractivity contribution in [3.63, 3.8) is 0 Å². The summed E-state index contributed by atoms with van der Waals surface area (Å²) in [5, 5.41) is 0. The van der Waals surface area contributed by atoms with E-state index in [4.69, 9.17) is 0 Å². The molecule has 0 heterocycles. The van der Waals surface area contributed by atoms with Crippen molar-refractivity contribution in [1.29, 1.82) is 0 Å². The van der Waals surface area contributed by atoms with Crippen molar-refractivity contribution < 1.29 is 8.78 Å².